The van der Waals surface area contributed by atoms with Crippen LogP contribution in [-0.2, 0) is 4.74 Å². The highest BCUT2D eigenvalue weighted by Crippen LogP contribution is 2.28. The standard InChI is InChI=1S/C23H21N5O5/c1-4-32-23(31)18-13(3)33-22(19(18)20(24)29)27-21(30)15-11-25-28(12(15)2)17-10-9-14-7-5-6-8-16(14)26-17/h5-11H,4H2,1-3H3,(H2,24,29)(H,27,30). The number of pyridine rings is 1. The van der Waals surface area contributed by atoms with Crippen LogP contribution in [0.2, 0.25) is 0 Å². The first kappa shape index (κ1) is 21.8. The summed E-state index contributed by atoms with van der Waals surface area (Å²) in [6.45, 7) is 4.92. The average molecular weight is 447 g/mol. The van der Waals surface area contributed by atoms with Gasteiger partial charge in [0.15, 0.2) is 5.82 Å². The van der Waals surface area contributed by atoms with E-state index in [2.05, 4.69) is 15.4 Å². The van der Waals surface area contributed by atoms with E-state index in [9.17, 15) is 14.4 Å². The second-order valence-corrected chi connectivity index (χ2v) is 7.19. The molecular weight excluding hydrogens is 426 g/mol. The van der Waals surface area contributed by atoms with Crippen LogP contribution in [0.3, 0.4) is 0 Å². The van der Waals surface area contributed by atoms with Gasteiger partial charge in [-0.2, -0.15) is 5.10 Å². The summed E-state index contributed by atoms with van der Waals surface area (Å²) >= 11 is 0. The number of nitrogens with one attached hydrogen (secondary N) is 1. The van der Waals surface area contributed by atoms with Gasteiger partial charge in [0.1, 0.15) is 16.9 Å². The molecule has 3 aromatic heterocycles. The fraction of sp³-hybridized carbons (Fsp3) is 0.174. The molecule has 0 fully saturated rings. The van der Waals surface area contributed by atoms with Crippen molar-refractivity contribution in [3.63, 3.8) is 0 Å². The molecule has 0 saturated heterocycles. The van der Waals surface area contributed by atoms with Crippen LogP contribution < -0.4 is 11.1 Å². The van der Waals surface area contributed by atoms with E-state index in [1.165, 1.54) is 17.8 Å². The molecule has 3 heterocycles. The van der Waals surface area contributed by atoms with E-state index >= 15 is 0 Å². The van der Waals surface area contributed by atoms with Gasteiger partial charge in [0.05, 0.1) is 29.6 Å². The lowest BCUT2D eigenvalue weighted by Gasteiger charge is -2.07. The summed E-state index contributed by atoms with van der Waals surface area (Å²) in [5, 5.41) is 7.78. The number of rotatable bonds is 6. The van der Waals surface area contributed by atoms with Crippen molar-refractivity contribution in [1.82, 2.24) is 14.8 Å². The Morgan fingerprint density at radius 3 is 2.61 bits per heavy atom. The lowest BCUT2D eigenvalue weighted by Crippen LogP contribution is -2.20. The lowest BCUT2D eigenvalue weighted by molar-refractivity contribution is 0.0521. The smallest absolute Gasteiger partial charge is 0.342 e. The third-order valence-electron chi connectivity index (χ3n) is 5.09. The van der Waals surface area contributed by atoms with E-state index in [1.54, 1.807) is 19.9 Å². The summed E-state index contributed by atoms with van der Waals surface area (Å²) in [6, 6.07) is 11.4. The minimum absolute atomic E-state index is 0.102. The number of benzene rings is 1. The number of ether oxygens (including phenoxy) is 1. The monoisotopic (exact) mass is 447 g/mol. The van der Waals surface area contributed by atoms with Gasteiger partial charge in [-0.15, -0.1) is 0 Å². The molecule has 4 rings (SSSR count). The van der Waals surface area contributed by atoms with Crippen LogP contribution >= 0.6 is 0 Å². The number of aryl methyl sites for hydroxylation is 1. The SMILES string of the molecule is CCOC(=O)c1c(C)oc(NC(=O)c2cnn(-c3ccc4ccccc4n3)c2C)c1C(N)=O. The Kier molecular flexibility index (Phi) is 5.65. The molecule has 0 aliphatic carbocycles. The molecule has 1 aromatic carbocycles. The highest BCUT2D eigenvalue weighted by molar-refractivity contribution is 6.12. The Morgan fingerprint density at radius 2 is 1.88 bits per heavy atom. The number of hydrogen-bond donors (Lipinski definition) is 2. The molecule has 0 saturated carbocycles. The molecule has 0 bridgehead atoms. The molecule has 0 radical (unpaired) electrons. The van der Waals surface area contributed by atoms with Crippen LogP contribution in [0.15, 0.2) is 47.0 Å². The Bertz CT molecular complexity index is 1400. The van der Waals surface area contributed by atoms with Crippen LogP contribution in [0, 0.1) is 13.8 Å². The number of fused-ring (bicyclic) bond motifs is 1. The number of hydrogen-bond acceptors (Lipinski definition) is 7. The van der Waals surface area contributed by atoms with E-state index in [0.717, 1.165) is 10.9 Å². The van der Waals surface area contributed by atoms with Crippen molar-refractivity contribution in [2.75, 3.05) is 11.9 Å². The summed E-state index contributed by atoms with van der Waals surface area (Å²) < 4.78 is 12.0. The number of nitrogens with two attached hydrogens (primary N) is 1. The van der Waals surface area contributed by atoms with Gasteiger partial charge in [-0.3, -0.25) is 14.9 Å². The van der Waals surface area contributed by atoms with Crippen molar-refractivity contribution >= 4 is 34.6 Å². The maximum Gasteiger partial charge on any atom is 0.342 e. The first-order valence-corrected chi connectivity index (χ1v) is 10.1. The summed E-state index contributed by atoms with van der Waals surface area (Å²) in [7, 11) is 0. The van der Waals surface area contributed by atoms with E-state index in [4.69, 9.17) is 14.9 Å². The third-order valence-corrected chi connectivity index (χ3v) is 5.09. The van der Waals surface area contributed by atoms with Crippen molar-refractivity contribution in [3.8, 4) is 5.82 Å². The minimum Gasteiger partial charge on any atom is -0.462 e. The largest absolute Gasteiger partial charge is 0.462 e. The van der Waals surface area contributed by atoms with Crippen LogP contribution in [0.1, 0.15) is 49.5 Å². The molecule has 4 aromatic rings. The number of amides is 2. The molecule has 0 spiro atoms. The van der Waals surface area contributed by atoms with Crippen LogP contribution in [-0.4, -0.2) is 39.2 Å². The first-order chi connectivity index (χ1) is 15.8. The number of anilines is 1. The quantitative estimate of drug-likeness (QED) is 0.432. The predicted octanol–water partition coefficient (Wildman–Crippen LogP) is 3.16. The van der Waals surface area contributed by atoms with Crippen LogP contribution in [0.4, 0.5) is 5.88 Å². The number of furan rings is 1. The van der Waals surface area contributed by atoms with Gasteiger partial charge in [-0.05, 0) is 39.0 Å². The zero-order valence-electron chi connectivity index (χ0n) is 18.2. The maximum atomic E-state index is 13.0. The Labute approximate surface area is 188 Å². The van der Waals surface area contributed by atoms with Gasteiger partial charge in [-0.25, -0.2) is 14.5 Å². The second-order valence-electron chi connectivity index (χ2n) is 7.19. The second kappa shape index (κ2) is 8.58. The van der Waals surface area contributed by atoms with Crippen molar-refractivity contribution in [2.45, 2.75) is 20.8 Å². The zero-order chi connectivity index (χ0) is 23.7. The number of aromatic nitrogens is 3. The molecule has 33 heavy (non-hydrogen) atoms. The molecule has 0 atom stereocenters. The summed E-state index contributed by atoms with van der Waals surface area (Å²) in [4.78, 5) is 41.8. The summed E-state index contributed by atoms with van der Waals surface area (Å²) in [5.74, 6) is -1.88. The van der Waals surface area contributed by atoms with Gasteiger partial charge in [0.25, 0.3) is 11.8 Å². The number of primary amides is 1. The van der Waals surface area contributed by atoms with Crippen molar-refractivity contribution in [3.05, 3.63) is 70.7 Å². The highest BCUT2D eigenvalue weighted by Gasteiger charge is 2.30. The molecule has 168 valence electrons. The van der Waals surface area contributed by atoms with Crippen LogP contribution in [0.25, 0.3) is 16.7 Å². The zero-order valence-corrected chi connectivity index (χ0v) is 18.2. The number of nitrogens with zero attached hydrogens (tertiary/aromatic N) is 3. The molecular formula is C23H21N5O5. The molecule has 0 unspecified atom stereocenters. The molecule has 10 heteroatoms. The molecule has 0 aliphatic rings. The minimum atomic E-state index is -0.932. The van der Waals surface area contributed by atoms with E-state index in [1.807, 2.05) is 30.3 Å². The maximum absolute atomic E-state index is 13.0. The third kappa shape index (κ3) is 3.93. The van der Waals surface area contributed by atoms with Crippen molar-refractivity contribution < 1.29 is 23.5 Å². The number of esters is 1. The van der Waals surface area contributed by atoms with Crippen molar-refractivity contribution in [2.24, 2.45) is 5.73 Å². The summed E-state index contributed by atoms with van der Waals surface area (Å²) in [5.41, 5.74) is 6.62. The van der Waals surface area contributed by atoms with Gasteiger partial charge in [0, 0.05) is 5.39 Å². The lowest BCUT2D eigenvalue weighted by atomic mass is 10.1. The van der Waals surface area contributed by atoms with Crippen LogP contribution in [0.5, 0.6) is 0 Å². The van der Waals surface area contributed by atoms with Gasteiger partial charge in [0.2, 0.25) is 5.88 Å². The Hall–Kier alpha value is -4.47. The predicted molar refractivity (Wildman–Crippen MR) is 119 cm³/mol. The Balaban J connectivity index is 1.66. The molecule has 10 nitrogen and oxygen atoms in total. The molecule has 0 aliphatic heterocycles. The molecule has 2 amide bonds. The Morgan fingerprint density at radius 1 is 1.12 bits per heavy atom. The van der Waals surface area contributed by atoms with Gasteiger partial charge in [-0.1, -0.05) is 18.2 Å². The van der Waals surface area contributed by atoms with E-state index in [-0.39, 0.29) is 34.9 Å². The topological polar surface area (TPSA) is 142 Å². The summed E-state index contributed by atoms with van der Waals surface area (Å²) in [6.07, 6.45) is 1.38. The van der Waals surface area contributed by atoms with Crippen molar-refractivity contribution in [1.29, 1.82) is 0 Å². The number of carbonyl (C=O) groups excluding carboxylic acids is 3. The average Bonchev–Trinajstić information content (AvgIpc) is 3.33. The molecule has 3 N–H and O–H groups in total. The first-order valence-electron chi connectivity index (χ1n) is 10.1. The fourth-order valence-corrected chi connectivity index (χ4v) is 3.52. The number of para-hydroxylation sites is 1. The normalized spacial score (nSPS) is 10.9. The van der Waals surface area contributed by atoms with Gasteiger partial charge >= 0.3 is 5.97 Å². The highest BCUT2D eigenvalue weighted by atomic mass is 16.5. The number of carbonyl (C=O) groups is 3. The van der Waals surface area contributed by atoms with E-state index < -0.39 is 17.8 Å². The van der Waals surface area contributed by atoms with Gasteiger partial charge < -0.3 is 14.9 Å². The fourth-order valence-electron chi connectivity index (χ4n) is 3.52. The van der Waals surface area contributed by atoms with E-state index in [0.29, 0.717) is 11.5 Å².